The average Bonchev–Trinajstić information content (AvgIpc) is 1.41. The van der Waals surface area contributed by atoms with E-state index >= 15 is 0 Å². The summed E-state index contributed by atoms with van der Waals surface area (Å²) in [6, 6.07) is 0. The molecule has 2 N–H and O–H groups in total. The summed E-state index contributed by atoms with van der Waals surface area (Å²) >= 11 is 0. The van der Waals surface area contributed by atoms with Crippen molar-refractivity contribution in [2.24, 2.45) is 5.73 Å². The van der Waals surface area contributed by atoms with Gasteiger partial charge < -0.3 is 5.73 Å². The Labute approximate surface area is 69.3 Å². The van der Waals surface area contributed by atoms with Gasteiger partial charge in [0.1, 0.15) is 0 Å². The Kier molecular flexibility index (Phi) is 16.3. The van der Waals surface area contributed by atoms with Crippen molar-refractivity contribution in [1.82, 2.24) is 0 Å². The molecule has 0 rings (SSSR count). The van der Waals surface area contributed by atoms with Crippen LogP contribution in [0, 0.1) is 0 Å². The fourth-order valence-electron chi connectivity index (χ4n) is 0.204. The van der Waals surface area contributed by atoms with Crippen LogP contribution in [0.15, 0.2) is 0 Å². The average molecular weight is 113 g/mol. The summed E-state index contributed by atoms with van der Waals surface area (Å²) in [4.78, 5) is 0. The van der Waals surface area contributed by atoms with Crippen molar-refractivity contribution in [3.8, 4) is 0 Å². The summed E-state index contributed by atoms with van der Waals surface area (Å²) < 4.78 is 0. The smallest absolute Gasteiger partial charge is 0 e. The van der Waals surface area contributed by atoms with E-state index in [0.29, 0.717) is 0 Å². The summed E-state index contributed by atoms with van der Waals surface area (Å²) in [6.07, 6.45) is 2.39. The molecule has 0 aromatic carbocycles. The largest absolute Gasteiger partial charge is 0.330 e. The first kappa shape index (κ1) is 10.3. The molecule has 2 radical (unpaired) electrons. The molecule has 1 nitrogen and oxygen atoms in total. The molecule has 0 aliphatic rings. The third-order valence-electron chi connectivity index (χ3n) is 0.558. The minimum Gasteiger partial charge on any atom is -0.330 e. The normalized spacial score (nSPS) is 7.00. The van der Waals surface area contributed by atoms with E-state index in [2.05, 4.69) is 6.92 Å². The minimum absolute atomic E-state index is 0. The number of unbranched alkanes of at least 4 members (excludes halogenated alkanes) is 1. The molecule has 0 fully saturated rings. The minimum atomic E-state index is 0. The predicted octanol–water partition coefficient (Wildman–Crippen LogP) is 0.364. The first-order chi connectivity index (χ1) is 2.41. The molecule has 6 heavy (non-hydrogen) atoms. The Morgan fingerprint density at radius 3 is 2.00 bits per heavy atom. The van der Waals surface area contributed by atoms with Gasteiger partial charge >= 0.3 is 0 Å². The Hall–Kier alpha value is 1.22. The molecule has 0 aromatic rings. The number of hydrogen-bond acceptors (Lipinski definition) is 1. The molecule has 0 unspecified atom stereocenters. The van der Waals surface area contributed by atoms with Gasteiger partial charge in [-0.2, -0.15) is 0 Å². The van der Waals surface area contributed by atoms with Crippen LogP contribution in [-0.2, 0) is 0 Å². The van der Waals surface area contributed by atoms with Crippen LogP contribution in [0.25, 0.3) is 0 Å². The van der Waals surface area contributed by atoms with E-state index in [1.54, 1.807) is 0 Å². The van der Waals surface area contributed by atoms with Crippen LogP contribution < -0.4 is 5.73 Å². The molecule has 0 amide bonds. The predicted molar refractivity (Wildman–Crippen MR) is 29.7 cm³/mol. The molecule has 34 valence electrons. The summed E-state index contributed by atoms with van der Waals surface area (Å²) in [5.41, 5.74) is 5.14. The van der Waals surface area contributed by atoms with Crippen molar-refractivity contribution in [1.29, 1.82) is 0 Å². The Balaban J connectivity index is 0. The molecule has 0 saturated carbocycles. The van der Waals surface area contributed by atoms with Crippen molar-refractivity contribution in [3.63, 3.8) is 0 Å². The van der Waals surface area contributed by atoms with Gasteiger partial charge in [0.05, 0.1) is 0 Å². The summed E-state index contributed by atoms with van der Waals surface area (Å²) in [5, 5.41) is 0. The topological polar surface area (TPSA) is 26.0 Å². The van der Waals surface area contributed by atoms with Gasteiger partial charge in [-0.15, -0.1) is 0 Å². The third kappa shape index (κ3) is 8.97. The van der Waals surface area contributed by atoms with Crippen molar-refractivity contribution < 1.29 is 0 Å². The summed E-state index contributed by atoms with van der Waals surface area (Å²) in [7, 11) is 0. The second-order valence-corrected chi connectivity index (χ2v) is 1.14. The van der Waals surface area contributed by atoms with Crippen LogP contribution in [0.4, 0.5) is 0 Å². The third-order valence-corrected chi connectivity index (χ3v) is 0.558. The van der Waals surface area contributed by atoms with Crippen molar-refractivity contribution in [3.05, 3.63) is 0 Å². The van der Waals surface area contributed by atoms with Crippen LogP contribution in [0.2, 0.25) is 0 Å². The van der Waals surface area contributed by atoms with Gasteiger partial charge in [0.2, 0.25) is 0 Å². The van der Waals surface area contributed by atoms with Gasteiger partial charge in [0, 0.05) is 37.7 Å². The van der Waals surface area contributed by atoms with Crippen molar-refractivity contribution >= 4 is 37.7 Å². The molecule has 0 aliphatic carbocycles. The molecular formula is C4H11CaN. The monoisotopic (exact) mass is 113 g/mol. The maximum atomic E-state index is 5.14. The molecule has 0 atom stereocenters. The summed E-state index contributed by atoms with van der Waals surface area (Å²) in [6.45, 7) is 2.98. The van der Waals surface area contributed by atoms with Crippen LogP contribution in [0.3, 0.4) is 0 Å². The van der Waals surface area contributed by atoms with Gasteiger partial charge in [0.15, 0.2) is 0 Å². The van der Waals surface area contributed by atoms with E-state index in [0.717, 1.165) is 6.54 Å². The maximum absolute atomic E-state index is 5.14. The van der Waals surface area contributed by atoms with E-state index in [4.69, 9.17) is 5.73 Å². The Bertz CT molecular complexity index is 15.0. The van der Waals surface area contributed by atoms with Gasteiger partial charge in [0.25, 0.3) is 0 Å². The molecule has 0 heterocycles. The zero-order valence-corrected chi connectivity index (χ0v) is 6.61. The first-order valence-electron chi connectivity index (χ1n) is 2.12. The van der Waals surface area contributed by atoms with E-state index in [1.165, 1.54) is 12.8 Å². The zero-order chi connectivity index (χ0) is 4.12. The van der Waals surface area contributed by atoms with Crippen molar-refractivity contribution in [2.45, 2.75) is 19.8 Å². The van der Waals surface area contributed by atoms with E-state index in [1.807, 2.05) is 0 Å². The van der Waals surface area contributed by atoms with E-state index in [9.17, 15) is 0 Å². The fraction of sp³-hybridized carbons (Fsp3) is 1.00. The fourth-order valence-corrected chi connectivity index (χ4v) is 0.204. The number of nitrogens with two attached hydrogens (primary N) is 1. The van der Waals surface area contributed by atoms with E-state index < -0.39 is 0 Å². The quantitative estimate of drug-likeness (QED) is 0.514. The van der Waals surface area contributed by atoms with Gasteiger partial charge in [-0.05, 0) is 13.0 Å². The zero-order valence-electron chi connectivity index (χ0n) is 4.41. The SMILES string of the molecule is CCCCN.[Ca]. The standard InChI is InChI=1S/C4H11N.Ca/c1-2-3-4-5;/h2-5H2,1H3;. The second kappa shape index (κ2) is 9.52. The van der Waals surface area contributed by atoms with E-state index in [-0.39, 0.29) is 37.7 Å². The maximum Gasteiger partial charge on any atom is 0 e. The number of hydrogen-bond donors (Lipinski definition) is 1. The Morgan fingerprint density at radius 2 is 2.00 bits per heavy atom. The molecule has 0 aromatic heterocycles. The van der Waals surface area contributed by atoms with Gasteiger partial charge in [-0.1, -0.05) is 13.3 Å². The van der Waals surface area contributed by atoms with Crippen molar-refractivity contribution in [2.75, 3.05) is 6.54 Å². The Morgan fingerprint density at radius 1 is 1.50 bits per heavy atom. The van der Waals surface area contributed by atoms with Crippen LogP contribution in [0.5, 0.6) is 0 Å². The first-order valence-corrected chi connectivity index (χ1v) is 2.12. The van der Waals surface area contributed by atoms with Gasteiger partial charge in [-0.25, -0.2) is 0 Å². The molecule has 0 bridgehead atoms. The molecular weight excluding hydrogens is 102 g/mol. The van der Waals surface area contributed by atoms with Crippen LogP contribution >= 0.6 is 0 Å². The van der Waals surface area contributed by atoms with Crippen LogP contribution in [-0.4, -0.2) is 44.3 Å². The van der Waals surface area contributed by atoms with Gasteiger partial charge in [-0.3, -0.25) is 0 Å². The summed E-state index contributed by atoms with van der Waals surface area (Å²) in [5.74, 6) is 0. The number of rotatable bonds is 2. The molecule has 0 spiro atoms. The van der Waals surface area contributed by atoms with Crippen LogP contribution in [0.1, 0.15) is 19.8 Å². The molecule has 0 aliphatic heterocycles. The molecule has 0 saturated heterocycles. The molecule has 2 heteroatoms. The second-order valence-electron chi connectivity index (χ2n) is 1.14.